The lowest BCUT2D eigenvalue weighted by molar-refractivity contribution is 0.515. The van der Waals surface area contributed by atoms with Gasteiger partial charge in [0, 0.05) is 6.54 Å². The second-order valence-corrected chi connectivity index (χ2v) is 5.98. The zero-order chi connectivity index (χ0) is 14.8. The van der Waals surface area contributed by atoms with E-state index in [1.165, 1.54) is 64.2 Å². The maximum absolute atomic E-state index is 4.24. The summed E-state index contributed by atoms with van der Waals surface area (Å²) in [5, 5.41) is 8.43. The van der Waals surface area contributed by atoms with Gasteiger partial charge in [0.2, 0.25) is 0 Å². The van der Waals surface area contributed by atoms with E-state index in [1.54, 1.807) is 0 Å². The Kier molecular flexibility index (Phi) is 7.27. The summed E-state index contributed by atoms with van der Waals surface area (Å²) in [6.45, 7) is 3.27. The van der Waals surface area contributed by atoms with E-state index < -0.39 is 0 Å². The first-order chi connectivity index (χ1) is 10.4. The summed E-state index contributed by atoms with van der Waals surface area (Å²) in [6.07, 6.45) is 13.7. The van der Waals surface area contributed by atoms with E-state index in [-0.39, 0.29) is 0 Å². The van der Waals surface area contributed by atoms with Crippen LogP contribution in [-0.4, -0.2) is 15.0 Å². The lowest BCUT2D eigenvalue weighted by Gasteiger charge is -2.03. The van der Waals surface area contributed by atoms with Crippen LogP contribution >= 0.6 is 0 Å². The van der Waals surface area contributed by atoms with Gasteiger partial charge in [0.05, 0.1) is 5.52 Å². The van der Waals surface area contributed by atoms with Crippen molar-refractivity contribution in [3.05, 3.63) is 24.3 Å². The molecule has 21 heavy (non-hydrogen) atoms. The number of rotatable bonds is 11. The Balaban J connectivity index is 1.52. The molecule has 1 aromatic carbocycles. The van der Waals surface area contributed by atoms with Gasteiger partial charge in [-0.2, -0.15) is 0 Å². The van der Waals surface area contributed by atoms with Crippen molar-refractivity contribution in [2.24, 2.45) is 0 Å². The van der Waals surface area contributed by atoms with Gasteiger partial charge in [-0.15, -0.1) is 5.10 Å². The summed E-state index contributed by atoms with van der Waals surface area (Å²) in [5.74, 6) is 0. The van der Waals surface area contributed by atoms with Gasteiger partial charge in [0.15, 0.2) is 0 Å². The minimum Gasteiger partial charge on any atom is -0.245 e. The van der Waals surface area contributed by atoms with E-state index >= 15 is 0 Å². The zero-order valence-corrected chi connectivity index (χ0v) is 13.4. The van der Waals surface area contributed by atoms with Crippen molar-refractivity contribution in [3.63, 3.8) is 0 Å². The molecule has 0 atom stereocenters. The normalized spacial score (nSPS) is 11.3. The van der Waals surface area contributed by atoms with Gasteiger partial charge in [0.1, 0.15) is 5.52 Å². The lowest BCUT2D eigenvalue weighted by Crippen LogP contribution is -2.00. The second kappa shape index (κ2) is 9.54. The van der Waals surface area contributed by atoms with Crippen LogP contribution < -0.4 is 0 Å². The average Bonchev–Trinajstić information content (AvgIpc) is 2.92. The van der Waals surface area contributed by atoms with Gasteiger partial charge in [-0.1, -0.05) is 82.1 Å². The molecule has 0 radical (unpaired) electrons. The van der Waals surface area contributed by atoms with Gasteiger partial charge < -0.3 is 0 Å². The highest BCUT2D eigenvalue weighted by Crippen LogP contribution is 2.13. The van der Waals surface area contributed by atoms with Crippen LogP contribution in [0.3, 0.4) is 0 Å². The fraction of sp³-hybridized carbons (Fsp3) is 0.667. The Morgan fingerprint density at radius 2 is 1.43 bits per heavy atom. The predicted molar refractivity (Wildman–Crippen MR) is 89.4 cm³/mol. The fourth-order valence-corrected chi connectivity index (χ4v) is 2.83. The van der Waals surface area contributed by atoms with E-state index in [4.69, 9.17) is 0 Å². The molecule has 3 heteroatoms. The number of fused-ring (bicyclic) bond motifs is 1. The quantitative estimate of drug-likeness (QED) is 0.521. The second-order valence-electron chi connectivity index (χ2n) is 5.98. The van der Waals surface area contributed by atoms with Crippen LogP contribution in [0.15, 0.2) is 24.3 Å². The minimum absolute atomic E-state index is 0.997. The number of hydrogen-bond acceptors (Lipinski definition) is 2. The van der Waals surface area contributed by atoms with Crippen LogP contribution in [0, 0.1) is 0 Å². The van der Waals surface area contributed by atoms with Crippen molar-refractivity contribution >= 4 is 11.0 Å². The molecule has 0 unspecified atom stereocenters. The summed E-state index contributed by atoms with van der Waals surface area (Å²) in [5.41, 5.74) is 2.16. The van der Waals surface area contributed by atoms with E-state index in [1.807, 2.05) is 16.8 Å². The van der Waals surface area contributed by atoms with Crippen LogP contribution in [0.5, 0.6) is 0 Å². The largest absolute Gasteiger partial charge is 0.245 e. The summed E-state index contributed by atoms with van der Waals surface area (Å²) >= 11 is 0. The molecule has 2 rings (SSSR count). The molecule has 0 amide bonds. The number of aromatic nitrogens is 3. The molecule has 0 saturated carbocycles. The van der Waals surface area contributed by atoms with E-state index in [0.717, 1.165) is 17.6 Å². The molecule has 1 aromatic heterocycles. The maximum Gasteiger partial charge on any atom is 0.113 e. The predicted octanol–water partition coefficient (Wildman–Crippen LogP) is 5.35. The standard InChI is InChI=1S/C18H29N3/c1-2-3-4-5-6-7-8-9-10-13-16-21-18-15-12-11-14-17(18)19-20-21/h11-12,14-15H,2-10,13,16H2,1H3. The molecule has 1 heterocycles. The maximum atomic E-state index is 4.24. The molecule has 0 fully saturated rings. The molecule has 0 aliphatic heterocycles. The van der Waals surface area contributed by atoms with Crippen LogP contribution in [-0.2, 0) is 6.54 Å². The number of benzene rings is 1. The van der Waals surface area contributed by atoms with Gasteiger partial charge >= 0.3 is 0 Å². The highest BCUT2D eigenvalue weighted by Gasteiger charge is 2.02. The average molecular weight is 287 g/mol. The Hall–Kier alpha value is -1.38. The number of para-hydroxylation sites is 1. The Morgan fingerprint density at radius 1 is 0.810 bits per heavy atom. The summed E-state index contributed by atoms with van der Waals surface area (Å²) < 4.78 is 2.04. The van der Waals surface area contributed by atoms with Crippen molar-refractivity contribution in [3.8, 4) is 0 Å². The van der Waals surface area contributed by atoms with E-state index in [0.29, 0.717) is 0 Å². The minimum atomic E-state index is 0.997. The topological polar surface area (TPSA) is 30.7 Å². The summed E-state index contributed by atoms with van der Waals surface area (Å²) in [4.78, 5) is 0. The molecule has 0 aliphatic carbocycles. The molecule has 0 spiro atoms. The van der Waals surface area contributed by atoms with Gasteiger partial charge in [0.25, 0.3) is 0 Å². The first-order valence-corrected chi connectivity index (χ1v) is 8.70. The van der Waals surface area contributed by atoms with Crippen LogP contribution in [0.2, 0.25) is 0 Å². The molecule has 2 aromatic rings. The molecule has 116 valence electrons. The van der Waals surface area contributed by atoms with Gasteiger partial charge in [-0.25, -0.2) is 4.68 Å². The molecular formula is C18H29N3. The van der Waals surface area contributed by atoms with Gasteiger partial charge in [-0.3, -0.25) is 0 Å². The van der Waals surface area contributed by atoms with E-state index in [9.17, 15) is 0 Å². The fourth-order valence-electron chi connectivity index (χ4n) is 2.83. The molecule has 0 aliphatic rings. The van der Waals surface area contributed by atoms with Crippen molar-refractivity contribution < 1.29 is 0 Å². The molecule has 0 saturated heterocycles. The first kappa shape index (κ1) is 16.0. The highest BCUT2D eigenvalue weighted by molar-refractivity contribution is 5.73. The van der Waals surface area contributed by atoms with Crippen LogP contribution in [0.4, 0.5) is 0 Å². The lowest BCUT2D eigenvalue weighted by atomic mass is 10.1. The SMILES string of the molecule is CCCCCCCCCCCCn1nnc2ccccc21. The Labute approximate surface area is 128 Å². The number of nitrogens with zero attached hydrogens (tertiary/aromatic N) is 3. The highest BCUT2D eigenvalue weighted by atomic mass is 15.4. The third-order valence-corrected chi connectivity index (χ3v) is 4.14. The smallest absolute Gasteiger partial charge is 0.113 e. The summed E-state index contributed by atoms with van der Waals surface area (Å²) in [6, 6.07) is 8.20. The zero-order valence-electron chi connectivity index (χ0n) is 13.4. The van der Waals surface area contributed by atoms with E-state index in [2.05, 4.69) is 29.4 Å². The molecular weight excluding hydrogens is 258 g/mol. The third kappa shape index (κ3) is 5.49. The Morgan fingerprint density at radius 3 is 2.14 bits per heavy atom. The molecule has 0 N–H and O–H groups in total. The third-order valence-electron chi connectivity index (χ3n) is 4.14. The van der Waals surface area contributed by atoms with Crippen molar-refractivity contribution in [1.29, 1.82) is 0 Å². The summed E-state index contributed by atoms with van der Waals surface area (Å²) in [7, 11) is 0. The van der Waals surface area contributed by atoms with Crippen molar-refractivity contribution in [2.45, 2.75) is 77.7 Å². The Bertz CT molecular complexity index is 504. The van der Waals surface area contributed by atoms with Crippen molar-refractivity contribution in [1.82, 2.24) is 15.0 Å². The molecule has 3 nitrogen and oxygen atoms in total. The van der Waals surface area contributed by atoms with Crippen LogP contribution in [0.25, 0.3) is 11.0 Å². The number of unbranched alkanes of at least 4 members (excludes halogenated alkanes) is 9. The van der Waals surface area contributed by atoms with Gasteiger partial charge in [-0.05, 0) is 18.6 Å². The number of hydrogen-bond donors (Lipinski definition) is 0. The molecule has 0 bridgehead atoms. The first-order valence-electron chi connectivity index (χ1n) is 8.70. The monoisotopic (exact) mass is 287 g/mol. The van der Waals surface area contributed by atoms with Crippen molar-refractivity contribution in [2.75, 3.05) is 0 Å². The number of aryl methyl sites for hydroxylation is 1. The van der Waals surface area contributed by atoms with Crippen LogP contribution in [0.1, 0.15) is 71.1 Å².